The maximum Gasteiger partial charge on any atom is 0.251 e. The average Bonchev–Trinajstić information content (AvgIpc) is 2.85. The van der Waals surface area contributed by atoms with Crippen molar-refractivity contribution < 1.29 is 23.7 Å². The largest absolute Gasteiger partial charge is 0.493 e. The number of rotatable bonds is 12. The zero-order valence-corrected chi connectivity index (χ0v) is 18.5. The SMILES string of the molecule is CCCOc1ccc(CNC(=O)c2cccc(OCCOc3ccccc3)c2)cc1OC. The maximum absolute atomic E-state index is 12.6. The number of carbonyl (C=O) groups excluding carboxylic acids is 1. The third-order valence-electron chi connectivity index (χ3n) is 4.60. The molecule has 6 nitrogen and oxygen atoms in total. The molecule has 0 atom stereocenters. The van der Waals surface area contributed by atoms with Gasteiger partial charge < -0.3 is 24.3 Å². The highest BCUT2D eigenvalue weighted by Gasteiger charge is 2.09. The molecule has 3 aromatic rings. The molecule has 32 heavy (non-hydrogen) atoms. The molecular formula is C26H29NO5. The van der Waals surface area contributed by atoms with Gasteiger partial charge in [-0.1, -0.05) is 37.3 Å². The number of hydrogen-bond acceptors (Lipinski definition) is 5. The monoisotopic (exact) mass is 435 g/mol. The molecule has 0 aromatic heterocycles. The Morgan fingerprint density at radius 2 is 1.53 bits per heavy atom. The van der Waals surface area contributed by atoms with Crippen molar-refractivity contribution in [3.8, 4) is 23.0 Å². The normalized spacial score (nSPS) is 10.3. The molecule has 3 rings (SSSR count). The Morgan fingerprint density at radius 1 is 0.781 bits per heavy atom. The van der Waals surface area contributed by atoms with Crippen molar-refractivity contribution in [2.24, 2.45) is 0 Å². The molecule has 1 amide bonds. The summed E-state index contributed by atoms with van der Waals surface area (Å²) in [6.45, 7) is 3.85. The summed E-state index contributed by atoms with van der Waals surface area (Å²) in [5.74, 6) is 2.59. The third kappa shape index (κ3) is 6.94. The van der Waals surface area contributed by atoms with Gasteiger partial charge in [-0.3, -0.25) is 4.79 Å². The molecule has 3 aromatic carbocycles. The van der Waals surface area contributed by atoms with Crippen molar-refractivity contribution in [3.63, 3.8) is 0 Å². The predicted molar refractivity (Wildman–Crippen MR) is 124 cm³/mol. The first-order valence-electron chi connectivity index (χ1n) is 10.7. The molecule has 0 spiro atoms. The average molecular weight is 436 g/mol. The summed E-state index contributed by atoms with van der Waals surface area (Å²) in [6.07, 6.45) is 0.920. The fraction of sp³-hybridized carbons (Fsp3) is 0.269. The van der Waals surface area contributed by atoms with Crippen molar-refractivity contribution >= 4 is 5.91 Å². The van der Waals surface area contributed by atoms with Crippen LogP contribution in [0.1, 0.15) is 29.3 Å². The number of para-hydroxylation sites is 1. The summed E-state index contributed by atoms with van der Waals surface area (Å²) in [7, 11) is 1.60. The van der Waals surface area contributed by atoms with Gasteiger partial charge in [-0.15, -0.1) is 0 Å². The van der Waals surface area contributed by atoms with Gasteiger partial charge in [0.1, 0.15) is 24.7 Å². The lowest BCUT2D eigenvalue weighted by Gasteiger charge is -2.12. The van der Waals surface area contributed by atoms with Crippen LogP contribution < -0.4 is 24.3 Å². The molecule has 0 radical (unpaired) electrons. The van der Waals surface area contributed by atoms with E-state index in [1.54, 1.807) is 25.3 Å². The Labute approximate surface area is 189 Å². The number of hydrogen-bond donors (Lipinski definition) is 1. The minimum atomic E-state index is -0.179. The van der Waals surface area contributed by atoms with Gasteiger partial charge >= 0.3 is 0 Å². The minimum absolute atomic E-state index is 0.179. The van der Waals surface area contributed by atoms with Crippen molar-refractivity contribution in [1.82, 2.24) is 5.32 Å². The zero-order valence-electron chi connectivity index (χ0n) is 18.5. The maximum atomic E-state index is 12.6. The first-order chi connectivity index (χ1) is 15.7. The molecule has 0 heterocycles. The topological polar surface area (TPSA) is 66.0 Å². The molecule has 0 fully saturated rings. The van der Waals surface area contributed by atoms with Gasteiger partial charge in [0.05, 0.1) is 13.7 Å². The van der Waals surface area contributed by atoms with Crippen LogP contribution in [0.15, 0.2) is 72.8 Å². The van der Waals surface area contributed by atoms with Gasteiger partial charge in [0.25, 0.3) is 5.91 Å². The van der Waals surface area contributed by atoms with Gasteiger partial charge in [-0.05, 0) is 54.4 Å². The molecule has 0 bridgehead atoms. The number of nitrogens with one attached hydrogen (secondary N) is 1. The van der Waals surface area contributed by atoms with Gasteiger partial charge in [0.2, 0.25) is 0 Å². The van der Waals surface area contributed by atoms with Crippen LogP contribution in [0.4, 0.5) is 0 Å². The van der Waals surface area contributed by atoms with E-state index in [1.165, 1.54) is 0 Å². The Morgan fingerprint density at radius 3 is 2.28 bits per heavy atom. The van der Waals surface area contributed by atoms with Gasteiger partial charge in [0, 0.05) is 12.1 Å². The van der Waals surface area contributed by atoms with E-state index >= 15 is 0 Å². The lowest BCUT2D eigenvalue weighted by Crippen LogP contribution is -2.22. The number of ether oxygens (including phenoxy) is 4. The molecule has 6 heteroatoms. The summed E-state index contributed by atoms with van der Waals surface area (Å²) >= 11 is 0. The van der Waals surface area contributed by atoms with Crippen molar-refractivity contribution in [1.29, 1.82) is 0 Å². The quantitative estimate of drug-likeness (QED) is 0.411. The van der Waals surface area contributed by atoms with Crippen LogP contribution in [0.25, 0.3) is 0 Å². The fourth-order valence-corrected chi connectivity index (χ4v) is 3.00. The summed E-state index contributed by atoms with van der Waals surface area (Å²) in [4.78, 5) is 12.6. The minimum Gasteiger partial charge on any atom is -0.493 e. The number of methoxy groups -OCH3 is 1. The second-order valence-electron chi connectivity index (χ2n) is 7.05. The van der Waals surface area contributed by atoms with Crippen LogP contribution in [0.2, 0.25) is 0 Å². The van der Waals surface area contributed by atoms with E-state index in [4.69, 9.17) is 18.9 Å². The smallest absolute Gasteiger partial charge is 0.251 e. The Hall–Kier alpha value is -3.67. The molecular weight excluding hydrogens is 406 g/mol. The van der Waals surface area contributed by atoms with Crippen LogP contribution in [0.5, 0.6) is 23.0 Å². The van der Waals surface area contributed by atoms with Crippen LogP contribution in [-0.2, 0) is 6.54 Å². The molecule has 0 saturated carbocycles. The van der Waals surface area contributed by atoms with Crippen LogP contribution >= 0.6 is 0 Å². The second-order valence-corrected chi connectivity index (χ2v) is 7.05. The lowest BCUT2D eigenvalue weighted by molar-refractivity contribution is 0.0950. The molecule has 0 saturated heterocycles. The first-order valence-corrected chi connectivity index (χ1v) is 10.7. The first kappa shape index (κ1) is 23.0. The second kappa shape index (κ2) is 12.2. The van der Waals surface area contributed by atoms with Gasteiger partial charge in [-0.25, -0.2) is 0 Å². The summed E-state index contributed by atoms with van der Waals surface area (Å²) < 4.78 is 22.4. The summed E-state index contributed by atoms with van der Waals surface area (Å²) in [5, 5.41) is 2.93. The highest BCUT2D eigenvalue weighted by Crippen LogP contribution is 2.28. The van der Waals surface area contributed by atoms with Crippen LogP contribution in [0, 0.1) is 0 Å². The van der Waals surface area contributed by atoms with Crippen molar-refractivity contribution in [2.75, 3.05) is 26.9 Å². The van der Waals surface area contributed by atoms with Crippen LogP contribution in [-0.4, -0.2) is 32.8 Å². The van der Waals surface area contributed by atoms with Gasteiger partial charge in [0.15, 0.2) is 11.5 Å². The van der Waals surface area contributed by atoms with E-state index in [2.05, 4.69) is 12.2 Å². The van der Waals surface area contributed by atoms with E-state index in [0.717, 1.165) is 17.7 Å². The van der Waals surface area contributed by atoms with E-state index in [9.17, 15) is 4.79 Å². The Kier molecular flexibility index (Phi) is 8.80. The molecule has 0 unspecified atom stereocenters. The Bertz CT molecular complexity index is 991. The highest BCUT2D eigenvalue weighted by atomic mass is 16.5. The van der Waals surface area contributed by atoms with E-state index in [-0.39, 0.29) is 5.91 Å². The van der Waals surface area contributed by atoms with E-state index in [0.29, 0.717) is 49.2 Å². The van der Waals surface area contributed by atoms with Crippen molar-refractivity contribution in [2.45, 2.75) is 19.9 Å². The van der Waals surface area contributed by atoms with Gasteiger partial charge in [-0.2, -0.15) is 0 Å². The predicted octanol–water partition coefficient (Wildman–Crippen LogP) is 4.87. The lowest BCUT2D eigenvalue weighted by atomic mass is 10.1. The number of benzene rings is 3. The summed E-state index contributed by atoms with van der Waals surface area (Å²) in [5.41, 5.74) is 1.45. The molecule has 0 aliphatic rings. The Balaban J connectivity index is 1.50. The fourth-order valence-electron chi connectivity index (χ4n) is 3.00. The summed E-state index contributed by atoms with van der Waals surface area (Å²) in [6, 6.07) is 22.3. The van der Waals surface area contributed by atoms with Crippen LogP contribution in [0.3, 0.4) is 0 Å². The zero-order chi connectivity index (χ0) is 22.6. The standard InChI is InChI=1S/C26H29NO5/c1-3-14-32-24-13-12-20(17-25(24)29-2)19-27-26(28)21-8-7-11-23(18-21)31-16-15-30-22-9-5-4-6-10-22/h4-13,17-18H,3,14-16,19H2,1-2H3,(H,27,28). The van der Waals surface area contributed by atoms with Crippen molar-refractivity contribution in [3.05, 3.63) is 83.9 Å². The molecule has 168 valence electrons. The number of carbonyl (C=O) groups is 1. The van der Waals surface area contributed by atoms with E-state index in [1.807, 2.05) is 54.6 Å². The molecule has 1 N–H and O–H groups in total. The van der Waals surface area contributed by atoms with E-state index < -0.39 is 0 Å². The molecule has 0 aliphatic carbocycles. The third-order valence-corrected chi connectivity index (χ3v) is 4.60. The highest BCUT2D eigenvalue weighted by molar-refractivity contribution is 5.94. The number of amides is 1. The molecule has 0 aliphatic heterocycles.